The van der Waals surface area contributed by atoms with Gasteiger partial charge >= 0.3 is 5.97 Å². The molecule has 0 atom stereocenters. The summed E-state index contributed by atoms with van der Waals surface area (Å²) < 4.78 is 26.5. The minimum atomic E-state index is -0.427. The molecule has 1 aliphatic heterocycles. The first-order chi connectivity index (χ1) is 16.5. The minimum absolute atomic E-state index is 0.327. The van der Waals surface area contributed by atoms with Crippen LogP contribution in [0.3, 0.4) is 0 Å². The van der Waals surface area contributed by atoms with Crippen LogP contribution >= 0.6 is 0 Å². The first-order valence-corrected chi connectivity index (χ1v) is 11.6. The van der Waals surface area contributed by atoms with Crippen LogP contribution in [0, 0.1) is 5.82 Å². The van der Waals surface area contributed by atoms with Crippen molar-refractivity contribution in [3.63, 3.8) is 0 Å². The molecule has 180 valence electrons. The van der Waals surface area contributed by atoms with Gasteiger partial charge in [0.2, 0.25) is 0 Å². The van der Waals surface area contributed by atoms with Gasteiger partial charge < -0.3 is 18.9 Å². The third kappa shape index (κ3) is 4.83. The number of benzene rings is 1. The van der Waals surface area contributed by atoms with E-state index in [9.17, 15) is 9.18 Å². The molecule has 0 radical (unpaired) electrons. The van der Waals surface area contributed by atoms with Crippen molar-refractivity contribution in [2.24, 2.45) is 0 Å². The number of carbonyl (C=O) groups is 1. The van der Waals surface area contributed by atoms with Crippen LogP contribution in [0.4, 0.5) is 10.2 Å². The Morgan fingerprint density at radius 2 is 1.74 bits per heavy atom. The smallest absolute Gasteiger partial charge is 0.355 e. The summed E-state index contributed by atoms with van der Waals surface area (Å²) in [6.45, 7) is 7.55. The first-order valence-electron chi connectivity index (χ1n) is 11.6. The number of aromatic nitrogens is 2. The lowest BCUT2D eigenvalue weighted by Gasteiger charge is -2.30. The summed E-state index contributed by atoms with van der Waals surface area (Å²) in [4.78, 5) is 21.9. The molecule has 1 aliphatic rings. The van der Waals surface area contributed by atoms with E-state index in [-0.39, 0.29) is 5.82 Å². The van der Waals surface area contributed by atoms with E-state index in [1.165, 1.54) is 19.2 Å². The number of likely N-dealkylation sites (N-methyl/N-ethyl adjacent to an activating group) is 1. The Kier molecular flexibility index (Phi) is 7.59. The topological polar surface area (TPSA) is 59.8 Å². The van der Waals surface area contributed by atoms with Crippen LogP contribution in [0.1, 0.15) is 17.4 Å². The van der Waals surface area contributed by atoms with E-state index < -0.39 is 5.97 Å². The molecule has 3 aromatic rings. The highest BCUT2D eigenvalue weighted by atomic mass is 19.1. The molecule has 8 heteroatoms. The van der Waals surface area contributed by atoms with Gasteiger partial charge in [0.05, 0.1) is 20.3 Å². The van der Waals surface area contributed by atoms with Crippen molar-refractivity contribution in [1.82, 2.24) is 14.5 Å². The summed E-state index contributed by atoms with van der Waals surface area (Å²) >= 11 is 0. The highest BCUT2D eigenvalue weighted by Gasteiger charge is 2.31. The van der Waals surface area contributed by atoms with Crippen molar-refractivity contribution < 1.29 is 18.7 Å². The van der Waals surface area contributed by atoms with Gasteiger partial charge in [-0.25, -0.2) is 9.18 Å². The van der Waals surface area contributed by atoms with Gasteiger partial charge in [0.1, 0.15) is 17.3 Å². The SMILES string of the molecule is CCn1c(C(=O)OC)c(-c2ccc(F)cc2)c(-c2ccncc2)c1N(C)CCN1CCOCC1. The van der Waals surface area contributed by atoms with Crippen LogP contribution in [0.15, 0.2) is 48.8 Å². The van der Waals surface area contributed by atoms with Gasteiger partial charge in [0, 0.05) is 63.3 Å². The second-order valence-electron chi connectivity index (χ2n) is 8.28. The fourth-order valence-corrected chi connectivity index (χ4v) is 4.53. The third-order valence-corrected chi connectivity index (χ3v) is 6.25. The lowest BCUT2D eigenvalue weighted by atomic mass is 9.96. The van der Waals surface area contributed by atoms with Crippen molar-refractivity contribution in [2.45, 2.75) is 13.5 Å². The first kappa shape index (κ1) is 23.9. The van der Waals surface area contributed by atoms with E-state index in [1.807, 2.05) is 30.7 Å². The molecule has 0 spiro atoms. The van der Waals surface area contributed by atoms with Crippen molar-refractivity contribution in [1.29, 1.82) is 0 Å². The molecule has 1 fully saturated rings. The lowest BCUT2D eigenvalue weighted by molar-refractivity contribution is 0.0392. The Hall–Kier alpha value is -3.23. The average molecular weight is 467 g/mol. The predicted octanol–water partition coefficient (Wildman–Crippen LogP) is 3.93. The van der Waals surface area contributed by atoms with E-state index in [4.69, 9.17) is 9.47 Å². The largest absolute Gasteiger partial charge is 0.464 e. The van der Waals surface area contributed by atoms with Gasteiger partial charge in [-0.2, -0.15) is 0 Å². The van der Waals surface area contributed by atoms with E-state index in [0.717, 1.165) is 67.5 Å². The van der Waals surface area contributed by atoms with Crippen LogP contribution in [0.25, 0.3) is 22.3 Å². The fourth-order valence-electron chi connectivity index (χ4n) is 4.53. The van der Waals surface area contributed by atoms with Crippen molar-refractivity contribution in [2.75, 3.05) is 58.5 Å². The molecule has 1 saturated heterocycles. The number of hydrogen-bond acceptors (Lipinski definition) is 6. The molecule has 0 bridgehead atoms. The summed E-state index contributed by atoms with van der Waals surface area (Å²) in [6, 6.07) is 10.1. The van der Waals surface area contributed by atoms with Crippen LogP contribution in [-0.4, -0.2) is 74.0 Å². The molecule has 0 N–H and O–H groups in total. The van der Waals surface area contributed by atoms with Crippen molar-refractivity contribution in [3.8, 4) is 22.3 Å². The maximum Gasteiger partial charge on any atom is 0.355 e. The van der Waals surface area contributed by atoms with E-state index in [1.54, 1.807) is 24.5 Å². The van der Waals surface area contributed by atoms with E-state index >= 15 is 0 Å². The Labute approximate surface area is 199 Å². The molecular formula is C26H31FN4O3. The molecule has 4 rings (SSSR count). The van der Waals surface area contributed by atoms with Gasteiger partial charge in [0.25, 0.3) is 0 Å². The number of carbonyl (C=O) groups excluding carboxylic acids is 1. The van der Waals surface area contributed by atoms with Gasteiger partial charge in [-0.1, -0.05) is 12.1 Å². The molecule has 0 unspecified atom stereocenters. The van der Waals surface area contributed by atoms with Crippen molar-refractivity contribution >= 4 is 11.8 Å². The zero-order valence-corrected chi connectivity index (χ0v) is 20.0. The van der Waals surface area contributed by atoms with E-state index in [2.05, 4.69) is 14.8 Å². The summed E-state index contributed by atoms with van der Waals surface area (Å²) in [5, 5.41) is 0. The average Bonchev–Trinajstić information content (AvgIpc) is 3.23. The number of pyridine rings is 1. The fraction of sp³-hybridized carbons (Fsp3) is 0.385. The Morgan fingerprint density at radius 3 is 2.35 bits per heavy atom. The van der Waals surface area contributed by atoms with Gasteiger partial charge in [-0.15, -0.1) is 0 Å². The molecule has 0 saturated carbocycles. The zero-order valence-electron chi connectivity index (χ0n) is 20.0. The zero-order chi connectivity index (χ0) is 24.1. The minimum Gasteiger partial charge on any atom is -0.464 e. The second-order valence-corrected chi connectivity index (χ2v) is 8.28. The normalized spacial score (nSPS) is 14.2. The monoisotopic (exact) mass is 466 g/mol. The predicted molar refractivity (Wildman–Crippen MR) is 131 cm³/mol. The van der Waals surface area contributed by atoms with Crippen molar-refractivity contribution in [3.05, 3.63) is 60.3 Å². The maximum atomic E-state index is 13.8. The number of ether oxygens (including phenoxy) is 2. The summed E-state index contributed by atoms with van der Waals surface area (Å²) in [5.41, 5.74) is 3.77. The molecule has 34 heavy (non-hydrogen) atoms. The number of rotatable bonds is 8. The van der Waals surface area contributed by atoms with Crippen LogP contribution in [0.2, 0.25) is 0 Å². The molecular weight excluding hydrogens is 435 g/mol. The number of nitrogens with zero attached hydrogens (tertiary/aromatic N) is 4. The molecule has 0 amide bonds. The summed E-state index contributed by atoms with van der Waals surface area (Å²) in [5.74, 6) is 0.164. The number of esters is 1. The standard InChI is InChI=1S/C26H31FN4O3/c1-4-31-24(26(32)33-3)22(19-5-7-21(27)8-6-19)23(20-9-11-28-12-10-20)25(31)29(2)13-14-30-15-17-34-18-16-30/h5-12H,4,13-18H2,1-3H3. The van der Waals surface area contributed by atoms with Crippen LogP contribution in [0.5, 0.6) is 0 Å². The number of methoxy groups -OCH3 is 1. The number of hydrogen-bond donors (Lipinski definition) is 0. The highest BCUT2D eigenvalue weighted by Crippen LogP contribution is 2.44. The highest BCUT2D eigenvalue weighted by molar-refractivity contribution is 6.05. The summed E-state index contributed by atoms with van der Waals surface area (Å²) in [7, 11) is 3.43. The molecule has 3 heterocycles. The Balaban J connectivity index is 1.89. The van der Waals surface area contributed by atoms with E-state index in [0.29, 0.717) is 12.2 Å². The van der Waals surface area contributed by atoms with Gasteiger partial charge in [-0.3, -0.25) is 9.88 Å². The second kappa shape index (κ2) is 10.8. The lowest BCUT2D eigenvalue weighted by Crippen LogP contribution is -2.41. The van der Waals surface area contributed by atoms with Gasteiger partial charge in [-0.05, 0) is 42.3 Å². The quantitative estimate of drug-likeness (QED) is 0.469. The number of halogens is 1. The summed E-state index contributed by atoms with van der Waals surface area (Å²) in [6.07, 6.45) is 3.48. The maximum absolute atomic E-state index is 13.8. The van der Waals surface area contributed by atoms with Gasteiger partial charge in [0.15, 0.2) is 0 Å². The molecule has 7 nitrogen and oxygen atoms in total. The molecule has 0 aliphatic carbocycles. The third-order valence-electron chi connectivity index (χ3n) is 6.25. The Bertz CT molecular complexity index is 1110. The Morgan fingerprint density at radius 1 is 1.09 bits per heavy atom. The number of morpholine rings is 1. The molecule has 2 aromatic heterocycles. The molecule has 1 aromatic carbocycles. The van der Waals surface area contributed by atoms with Crippen LogP contribution in [-0.2, 0) is 16.0 Å². The van der Waals surface area contributed by atoms with Crippen LogP contribution < -0.4 is 4.90 Å². The number of anilines is 1.